The Bertz CT molecular complexity index is 1710. The summed E-state index contributed by atoms with van der Waals surface area (Å²) in [5.74, 6) is -2.48. The highest BCUT2D eigenvalue weighted by Crippen LogP contribution is 2.43. The molecule has 1 aliphatic carbocycles. The minimum absolute atomic E-state index is 0.0197. The summed E-state index contributed by atoms with van der Waals surface area (Å²) >= 11 is 7.06. The summed E-state index contributed by atoms with van der Waals surface area (Å²) in [5.41, 5.74) is 0.417. The van der Waals surface area contributed by atoms with Crippen molar-refractivity contribution in [2.45, 2.75) is 37.0 Å². The number of benzene rings is 2. The molecule has 208 valence electrons. The van der Waals surface area contributed by atoms with Crippen molar-refractivity contribution >= 4 is 43.8 Å². The molecule has 2 fully saturated rings. The van der Waals surface area contributed by atoms with Gasteiger partial charge in [-0.15, -0.1) is 0 Å². The van der Waals surface area contributed by atoms with Gasteiger partial charge in [-0.3, -0.25) is 4.72 Å². The first kappa shape index (κ1) is 27.0. The molecule has 1 saturated heterocycles. The van der Waals surface area contributed by atoms with Crippen LogP contribution >= 0.6 is 22.9 Å². The molecule has 0 spiro atoms. The van der Waals surface area contributed by atoms with E-state index in [4.69, 9.17) is 21.6 Å². The summed E-state index contributed by atoms with van der Waals surface area (Å²) in [7, 11) is -4.87. The molecule has 40 heavy (non-hydrogen) atoms. The molecule has 0 bridgehead atoms. The van der Waals surface area contributed by atoms with Gasteiger partial charge in [0, 0.05) is 31.3 Å². The summed E-state index contributed by atoms with van der Waals surface area (Å²) in [4.78, 5) is 15.4. The van der Waals surface area contributed by atoms with Crippen molar-refractivity contribution in [2.75, 3.05) is 22.7 Å². The van der Waals surface area contributed by atoms with Crippen molar-refractivity contribution in [1.29, 1.82) is 0 Å². The normalized spacial score (nSPS) is 15.6. The van der Waals surface area contributed by atoms with Crippen LogP contribution in [0.5, 0.6) is 0 Å². The Kier molecular flexibility index (Phi) is 7.18. The fourth-order valence-electron chi connectivity index (χ4n) is 4.66. The number of aromatic nitrogens is 3. The molecule has 1 aliphatic heterocycles. The van der Waals surface area contributed by atoms with E-state index in [0.29, 0.717) is 33.1 Å². The molecule has 13 heteroatoms. The van der Waals surface area contributed by atoms with E-state index in [-0.39, 0.29) is 5.56 Å². The van der Waals surface area contributed by atoms with Crippen LogP contribution in [0, 0.1) is 23.4 Å². The summed E-state index contributed by atoms with van der Waals surface area (Å²) in [6.07, 6.45) is 6.78. The van der Waals surface area contributed by atoms with E-state index in [2.05, 4.69) is 9.88 Å². The minimum atomic E-state index is -4.87. The molecule has 0 atom stereocenters. The summed E-state index contributed by atoms with van der Waals surface area (Å²) in [6, 6.07) is 7.47. The summed E-state index contributed by atoms with van der Waals surface area (Å²) in [5, 5.41) is 0.127. The third-order valence-electron chi connectivity index (χ3n) is 6.87. The monoisotopic (exact) mass is 605 g/mol. The van der Waals surface area contributed by atoms with E-state index in [0.717, 1.165) is 57.3 Å². The molecular weight excluding hydrogens is 583 g/mol. The highest BCUT2D eigenvalue weighted by atomic mass is 35.5. The maximum Gasteiger partial charge on any atom is 0.267 e. The van der Waals surface area contributed by atoms with Crippen molar-refractivity contribution in [3.05, 3.63) is 70.9 Å². The average Bonchev–Trinajstić information content (AvgIpc) is 3.37. The first-order chi connectivity index (χ1) is 19.2. The molecule has 2 aromatic carbocycles. The maximum atomic E-state index is 16.0. The van der Waals surface area contributed by atoms with Gasteiger partial charge in [0.05, 0.1) is 27.0 Å². The Labute approximate surface area is 238 Å². The van der Waals surface area contributed by atoms with Crippen LogP contribution in [0.1, 0.15) is 31.5 Å². The van der Waals surface area contributed by atoms with E-state index in [1.54, 1.807) is 12.3 Å². The molecule has 2 aromatic heterocycles. The van der Waals surface area contributed by atoms with Gasteiger partial charge in [-0.2, -0.15) is 0 Å². The topological polar surface area (TPSA) is 88.1 Å². The van der Waals surface area contributed by atoms with Crippen molar-refractivity contribution < 1.29 is 21.6 Å². The Hall–Kier alpha value is -3.22. The van der Waals surface area contributed by atoms with Gasteiger partial charge < -0.3 is 4.90 Å². The predicted octanol–water partition coefficient (Wildman–Crippen LogP) is 6.69. The number of thiazole rings is 1. The number of hydrogen-bond donors (Lipinski definition) is 1. The second kappa shape index (κ2) is 10.6. The Morgan fingerprint density at radius 1 is 1.02 bits per heavy atom. The first-order valence-corrected chi connectivity index (χ1v) is 15.4. The van der Waals surface area contributed by atoms with Crippen LogP contribution in [-0.2, 0) is 16.4 Å². The number of nitrogens with zero attached hydrogens (tertiary/aromatic N) is 4. The molecule has 1 N–H and O–H groups in total. The van der Waals surface area contributed by atoms with Crippen LogP contribution in [0.25, 0.3) is 21.8 Å². The number of rotatable bonds is 8. The van der Waals surface area contributed by atoms with Crippen LogP contribution in [0.2, 0.25) is 5.02 Å². The molecule has 0 unspecified atom stereocenters. The lowest BCUT2D eigenvalue weighted by Gasteiger charge is -2.13. The van der Waals surface area contributed by atoms with Gasteiger partial charge in [0.2, 0.25) is 0 Å². The Morgan fingerprint density at radius 2 is 1.80 bits per heavy atom. The summed E-state index contributed by atoms with van der Waals surface area (Å²) in [6.45, 7) is 1.64. The fraction of sp³-hybridized carbons (Fsp3) is 0.296. The average molecular weight is 606 g/mol. The highest BCUT2D eigenvalue weighted by Gasteiger charge is 2.29. The van der Waals surface area contributed by atoms with E-state index >= 15 is 4.39 Å². The highest BCUT2D eigenvalue weighted by molar-refractivity contribution is 7.92. The van der Waals surface area contributed by atoms with Crippen molar-refractivity contribution in [3.63, 3.8) is 0 Å². The van der Waals surface area contributed by atoms with Gasteiger partial charge in [0.1, 0.15) is 11.6 Å². The Morgan fingerprint density at radius 3 is 2.55 bits per heavy atom. The van der Waals surface area contributed by atoms with Gasteiger partial charge in [-0.05, 0) is 61.9 Å². The molecule has 4 aromatic rings. The summed E-state index contributed by atoms with van der Waals surface area (Å²) < 4.78 is 72.7. The molecule has 7 nitrogen and oxygen atoms in total. The van der Waals surface area contributed by atoms with Crippen LogP contribution in [0.3, 0.4) is 0 Å². The van der Waals surface area contributed by atoms with Gasteiger partial charge >= 0.3 is 0 Å². The standard InChI is InChI=1S/C27H23ClF3N5O2S2/c28-17-8-9-18(29)26(23(17)31)40(37,38)35-19-5-3-4-16(22(19)30)24-25(39-27(34-24)36-12-1-2-13-36)20-10-11-32-21(33-20)14-15-6-7-15/h3-5,8-11,15,35H,1-2,6-7,12-14H2. The molecular formula is C27H23ClF3N5O2S2. The van der Waals surface area contributed by atoms with Crippen LogP contribution in [-0.4, -0.2) is 36.5 Å². The van der Waals surface area contributed by atoms with Gasteiger partial charge in [-0.1, -0.05) is 29.0 Å². The molecule has 1 saturated carbocycles. The molecule has 0 radical (unpaired) electrons. The maximum absolute atomic E-state index is 16.0. The lowest BCUT2D eigenvalue weighted by molar-refractivity contribution is 0.521. The first-order valence-electron chi connectivity index (χ1n) is 12.7. The molecule has 3 heterocycles. The zero-order valence-electron chi connectivity index (χ0n) is 21.0. The van der Waals surface area contributed by atoms with Crippen LogP contribution in [0.4, 0.5) is 24.0 Å². The number of sulfonamides is 1. The number of nitrogens with one attached hydrogen (secondary N) is 1. The number of halogens is 4. The van der Waals surface area contributed by atoms with E-state index in [9.17, 15) is 17.2 Å². The molecule has 2 aliphatic rings. The number of hydrogen-bond acceptors (Lipinski definition) is 7. The lowest BCUT2D eigenvalue weighted by atomic mass is 10.1. The molecule has 6 rings (SSSR count). The zero-order valence-corrected chi connectivity index (χ0v) is 23.4. The fourth-order valence-corrected chi connectivity index (χ4v) is 7.19. The second-order valence-corrected chi connectivity index (χ2v) is 12.8. The van der Waals surface area contributed by atoms with Crippen molar-refractivity contribution in [3.8, 4) is 21.8 Å². The quantitative estimate of drug-likeness (QED) is 0.225. The minimum Gasteiger partial charge on any atom is -0.348 e. The molecule has 0 amide bonds. The third kappa shape index (κ3) is 5.27. The van der Waals surface area contributed by atoms with Gasteiger partial charge in [0.25, 0.3) is 10.0 Å². The third-order valence-corrected chi connectivity index (χ3v) is 9.70. The van der Waals surface area contributed by atoms with Crippen LogP contribution < -0.4 is 9.62 Å². The van der Waals surface area contributed by atoms with E-state index in [1.807, 2.05) is 4.72 Å². The SMILES string of the molecule is O=S(=O)(Nc1cccc(-c2nc(N3CCCC3)sc2-c2ccnc(CC3CC3)n2)c1F)c1c(F)ccc(Cl)c1F. The lowest BCUT2D eigenvalue weighted by Crippen LogP contribution is -2.18. The Balaban J connectivity index is 1.42. The van der Waals surface area contributed by atoms with Crippen LogP contribution in [0.15, 0.2) is 47.5 Å². The van der Waals surface area contributed by atoms with Crippen molar-refractivity contribution in [2.24, 2.45) is 5.92 Å². The largest absolute Gasteiger partial charge is 0.348 e. The van der Waals surface area contributed by atoms with Gasteiger partial charge in [-0.25, -0.2) is 36.5 Å². The zero-order chi connectivity index (χ0) is 28.0. The predicted molar refractivity (Wildman–Crippen MR) is 149 cm³/mol. The van der Waals surface area contributed by atoms with Gasteiger partial charge in [0.15, 0.2) is 21.7 Å². The van der Waals surface area contributed by atoms with E-state index in [1.165, 1.54) is 29.5 Å². The van der Waals surface area contributed by atoms with Crippen molar-refractivity contribution in [1.82, 2.24) is 15.0 Å². The number of anilines is 2. The second-order valence-electron chi connectivity index (χ2n) is 9.82. The van der Waals surface area contributed by atoms with E-state index < -0.39 is 43.1 Å². The smallest absolute Gasteiger partial charge is 0.267 e.